The zero-order chi connectivity index (χ0) is 20.5. The highest BCUT2D eigenvalue weighted by Crippen LogP contribution is 2.21. The number of hydrogen-bond donors (Lipinski definition) is 1. The van der Waals surface area contributed by atoms with Crippen molar-refractivity contribution < 1.29 is 19.1 Å². The summed E-state index contributed by atoms with van der Waals surface area (Å²) in [5.74, 6) is -0.473. The normalized spacial score (nSPS) is 13.5. The molecule has 1 amide bonds. The lowest BCUT2D eigenvalue weighted by atomic mass is 9.97. The van der Waals surface area contributed by atoms with Crippen LogP contribution < -0.4 is 10.1 Å². The summed E-state index contributed by atoms with van der Waals surface area (Å²) >= 11 is 1.55. The highest BCUT2D eigenvalue weighted by Gasteiger charge is 2.16. The number of aryl methyl sites for hydroxylation is 1. The van der Waals surface area contributed by atoms with E-state index in [2.05, 4.69) is 16.4 Å². The zero-order valence-corrected chi connectivity index (χ0v) is 17.4. The molecule has 0 bridgehead atoms. The first-order valence-corrected chi connectivity index (χ1v) is 10.7. The van der Waals surface area contributed by atoms with Gasteiger partial charge < -0.3 is 14.8 Å². The van der Waals surface area contributed by atoms with Crippen molar-refractivity contribution in [1.29, 1.82) is 0 Å². The van der Waals surface area contributed by atoms with Crippen LogP contribution in [0, 0.1) is 6.92 Å². The molecule has 1 heterocycles. The van der Waals surface area contributed by atoms with E-state index in [4.69, 9.17) is 9.47 Å². The Balaban J connectivity index is 1.44. The molecule has 1 N–H and O–H groups in total. The maximum absolute atomic E-state index is 12.4. The van der Waals surface area contributed by atoms with Crippen molar-refractivity contribution in [1.82, 2.24) is 10.3 Å². The van der Waals surface area contributed by atoms with Gasteiger partial charge in [0.05, 0.1) is 10.7 Å². The molecular weight excluding hydrogens is 388 g/mol. The molecule has 1 aliphatic rings. The van der Waals surface area contributed by atoms with Crippen LogP contribution in [0.3, 0.4) is 0 Å². The number of nitrogens with one attached hydrogen (secondary N) is 1. The Morgan fingerprint density at radius 2 is 2.10 bits per heavy atom. The third-order valence-electron chi connectivity index (χ3n) is 4.64. The number of thiazole rings is 1. The van der Waals surface area contributed by atoms with E-state index < -0.39 is 5.97 Å². The molecule has 0 radical (unpaired) electrons. The van der Waals surface area contributed by atoms with Gasteiger partial charge in [0.2, 0.25) is 0 Å². The van der Waals surface area contributed by atoms with Crippen molar-refractivity contribution in [3.63, 3.8) is 0 Å². The molecule has 0 saturated heterocycles. The lowest BCUT2D eigenvalue weighted by Gasteiger charge is -2.13. The molecule has 0 unspecified atom stereocenters. The molecule has 154 valence electrons. The van der Waals surface area contributed by atoms with Gasteiger partial charge in [-0.3, -0.25) is 4.79 Å². The molecular formula is C22H26N2O4S. The Morgan fingerprint density at radius 1 is 1.24 bits per heavy atom. The van der Waals surface area contributed by atoms with Gasteiger partial charge in [0, 0.05) is 11.9 Å². The number of rotatable bonds is 9. The van der Waals surface area contributed by atoms with Crippen LogP contribution in [0.5, 0.6) is 5.75 Å². The van der Waals surface area contributed by atoms with E-state index in [1.807, 2.05) is 12.3 Å². The van der Waals surface area contributed by atoms with Crippen LogP contribution in [0.15, 0.2) is 41.3 Å². The van der Waals surface area contributed by atoms with Crippen molar-refractivity contribution in [2.75, 3.05) is 13.2 Å². The second kappa shape index (κ2) is 10.8. The van der Waals surface area contributed by atoms with E-state index in [1.165, 1.54) is 18.4 Å². The van der Waals surface area contributed by atoms with Gasteiger partial charge in [-0.15, -0.1) is 11.3 Å². The smallest absolute Gasteiger partial charge is 0.342 e. The fraction of sp³-hybridized carbons (Fsp3) is 0.409. The van der Waals surface area contributed by atoms with E-state index in [9.17, 15) is 9.59 Å². The number of carbonyl (C=O) groups is 2. The molecule has 0 spiro atoms. The van der Waals surface area contributed by atoms with E-state index in [-0.39, 0.29) is 19.1 Å². The fourth-order valence-corrected chi connectivity index (χ4v) is 3.74. The highest BCUT2D eigenvalue weighted by atomic mass is 32.1. The lowest BCUT2D eigenvalue weighted by molar-refractivity contribution is -0.124. The predicted octanol–water partition coefficient (Wildman–Crippen LogP) is 4.19. The number of esters is 1. The zero-order valence-electron chi connectivity index (χ0n) is 16.6. The van der Waals surface area contributed by atoms with Gasteiger partial charge in [-0.25, -0.2) is 9.78 Å². The molecule has 0 saturated carbocycles. The molecule has 3 rings (SSSR count). The monoisotopic (exact) mass is 414 g/mol. The van der Waals surface area contributed by atoms with Crippen molar-refractivity contribution in [3.8, 4) is 5.75 Å². The number of amides is 1. The summed E-state index contributed by atoms with van der Waals surface area (Å²) in [6, 6.07) is 6.84. The van der Waals surface area contributed by atoms with Gasteiger partial charge in [0.25, 0.3) is 5.91 Å². The Hall–Kier alpha value is -2.67. The van der Waals surface area contributed by atoms with Crippen LogP contribution in [-0.4, -0.2) is 30.0 Å². The average molecular weight is 415 g/mol. The molecule has 1 aromatic heterocycles. The van der Waals surface area contributed by atoms with Crippen LogP contribution in [0.4, 0.5) is 0 Å². The van der Waals surface area contributed by atoms with Gasteiger partial charge in [0.1, 0.15) is 17.9 Å². The highest BCUT2D eigenvalue weighted by molar-refractivity contribution is 7.09. The summed E-state index contributed by atoms with van der Waals surface area (Å²) < 4.78 is 10.9. The SMILES string of the molecule is Cc1nc(COc2ccccc2C(=O)OCC(=O)NCCC2=CCCCC2)cs1. The van der Waals surface area contributed by atoms with Crippen molar-refractivity contribution in [3.05, 3.63) is 57.6 Å². The molecule has 29 heavy (non-hydrogen) atoms. The number of para-hydroxylation sites is 1. The van der Waals surface area contributed by atoms with Crippen LogP contribution in [0.2, 0.25) is 0 Å². The molecule has 6 nitrogen and oxygen atoms in total. The second-order valence-electron chi connectivity index (χ2n) is 6.93. The lowest BCUT2D eigenvalue weighted by Crippen LogP contribution is -2.30. The van der Waals surface area contributed by atoms with E-state index in [1.54, 1.807) is 35.6 Å². The summed E-state index contributed by atoms with van der Waals surface area (Å²) in [6.45, 7) is 2.45. The summed E-state index contributed by atoms with van der Waals surface area (Å²) in [5.41, 5.74) is 2.50. The average Bonchev–Trinajstić information content (AvgIpc) is 3.16. The molecule has 0 fully saturated rings. The third-order valence-corrected chi connectivity index (χ3v) is 5.46. The van der Waals surface area contributed by atoms with Crippen LogP contribution in [-0.2, 0) is 16.1 Å². The van der Waals surface area contributed by atoms with Crippen LogP contribution in [0.1, 0.15) is 53.2 Å². The molecule has 0 aliphatic heterocycles. The van der Waals surface area contributed by atoms with Gasteiger partial charge >= 0.3 is 5.97 Å². The minimum absolute atomic E-state index is 0.269. The number of benzene rings is 1. The van der Waals surface area contributed by atoms with Gasteiger partial charge in [0.15, 0.2) is 6.61 Å². The third kappa shape index (κ3) is 6.71. The van der Waals surface area contributed by atoms with E-state index in [0.29, 0.717) is 17.9 Å². The Bertz CT molecular complexity index is 875. The maximum atomic E-state index is 12.4. The van der Waals surface area contributed by atoms with Gasteiger partial charge in [-0.2, -0.15) is 0 Å². The predicted molar refractivity (Wildman–Crippen MR) is 112 cm³/mol. The first-order valence-electron chi connectivity index (χ1n) is 9.86. The van der Waals surface area contributed by atoms with Crippen molar-refractivity contribution in [2.24, 2.45) is 0 Å². The Morgan fingerprint density at radius 3 is 2.86 bits per heavy atom. The Labute approximate surface area is 174 Å². The fourth-order valence-electron chi connectivity index (χ4n) is 3.14. The quantitative estimate of drug-likeness (QED) is 0.492. The summed E-state index contributed by atoms with van der Waals surface area (Å²) in [7, 11) is 0. The summed E-state index contributed by atoms with van der Waals surface area (Å²) in [5, 5.41) is 5.69. The number of nitrogens with zero attached hydrogens (tertiary/aromatic N) is 1. The number of aromatic nitrogens is 1. The van der Waals surface area contributed by atoms with Crippen molar-refractivity contribution >= 4 is 23.2 Å². The maximum Gasteiger partial charge on any atom is 0.342 e. The molecule has 7 heteroatoms. The number of allylic oxidation sites excluding steroid dienone is 1. The number of ether oxygens (including phenoxy) is 2. The summed E-state index contributed by atoms with van der Waals surface area (Å²) in [4.78, 5) is 28.7. The van der Waals surface area contributed by atoms with E-state index in [0.717, 1.165) is 30.0 Å². The number of hydrogen-bond acceptors (Lipinski definition) is 6. The van der Waals surface area contributed by atoms with E-state index >= 15 is 0 Å². The largest absolute Gasteiger partial charge is 0.486 e. The summed E-state index contributed by atoms with van der Waals surface area (Å²) in [6.07, 6.45) is 7.83. The van der Waals surface area contributed by atoms with Crippen LogP contribution >= 0.6 is 11.3 Å². The van der Waals surface area contributed by atoms with Crippen molar-refractivity contribution in [2.45, 2.75) is 45.6 Å². The van der Waals surface area contributed by atoms with Gasteiger partial charge in [-0.1, -0.05) is 23.8 Å². The first-order chi connectivity index (χ1) is 14.1. The molecule has 1 aromatic carbocycles. The molecule has 0 atom stereocenters. The second-order valence-corrected chi connectivity index (χ2v) is 7.99. The van der Waals surface area contributed by atoms with Crippen LogP contribution in [0.25, 0.3) is 0 Å². The minimum atomic E-state index is -0.583. The Kier molecular flexibility index (Phi) is 7.81. The first kappa shape index (κ1) is 21.0. The minimum Gasteiger partial charge on any atom is -0.486 e. The van der Waals surface area contributed by atoms with Gasteiger partial charge in [-0.05, 0) is 51.2 Å². The molecule has 1 aliphatic carbocycles. The standard InChI is InChI=1S/C22H26N2O4S/c1-16-24-18(15-29-16)13-27-20-10-6-5-9-19(20)22(26)28-14-21(25)23-12-11-17-7-3-2-4-8-17/h5-7,9-10,15H,2-4,8,11-14H2,1H3,(H,23,25). The topological polar surface area (TPSA) is 77.5 Å². The molecule has 2 aromatic rings. The number of carbonyl (C=O) groups excluding carboxylic acids is 2.